The third kappa shape index (κ3) is 4.20. The molecule has 1 aliphatic rings. The molecule has 0 aliphatic heterocycles. The fraction of sp³-hybridized carbons (Fsp3) is 0.625. The number of halogens is 1. The third-order valence-electron chi connectivity index (χ3n) is 3.96. The summed E-state index contributed by atoms with van der Waals surface area (Å²) < 4.78 is 0. The van der Waals surface area contributed by atoms with Gasteiger partial charge >= 0.3 is 0 Å². The zero-order valence-electron chi connectivity index (χ0n) is 11.8. The van der Waals surface area contributed by atoms with E-state index < -0.39 is 0 Å². The zero-order valence-corrected chi connectivity index (χ0v) is 12.5. The Balaban J connectivity index is 2.09. The molecule has 2 rings (SSSR count). The van der Waals surface area contributed by atoms with Crippen LogP contribution in [-0.2, 0) is 0 Å². The highest BCUT2D eigenvalue weighted by Crippen LogP contribution is 2.41. The van der Waals surface area contributed by atoms with Crippen LogP contribution >= 0.6 is 11.6 Å². The van der Waals surface area contributed by atoms with E-state index in [-0.39, 0.29) is 6.61 Å². The van der Waals surface area contributed by atoms with Gasteiger partial charge in [-0.2, -0.15) is 0 Å². The van der Waals surface area contributed by atoms with Gasteiger partial charge in [0.2, 0.25) is 0 Å². The maximum absolute atomic E-state index is 9.20. The van der Waals surface area contributed by atoms with Crippen LogP contribution in [0.4, 0.5) is 0 Å². The van der Waals surface area contributed by atoms with E-state index in [1.807, 2.05) is 12.1 Å². The molecule has 1 saturated carbocycles. The van der Waals surface area contributed by atoms with Crippen molar-refractivity contribution < 1.29 is 5.11 Å². The Morgan fingerprint density at radius 1 is 1.26 bits per heavy atom. The molecule has 1 aromatic carbocycles. The maximum Gasteiger partial charge on any atom is 0.0445 e. The minimum atomic E-state index is 0.244. The van der Waals surface area contributed by atoms with Gasteiger partial charge in [-0.25, -0.2) is 0 Å². The highest BCUT2D eigenvalue weighted by Gasteiger charge is 2.33. The zero-order chi connectivity index (χ0) is 13.8. The summed E-state index contributed by atoms with van der Waals surface area (Å²) in [6.45, 7) is 4.66. The number of rotatable bonds is 7. The van der Waals surface area contributed by atoms with Crippen molar-refractivity contribution in [3.05, 3.63) is 34.9 Å². The van der Waals surface area contributed by atoms with Gasteiger partial charge in [0.1, 0.15) is 0 Å². The minimum absolute atomic E-state index is 0.244. The molecule has 0 heterocycles. The average Bonchev–Trinajstić information content (AvgIpc) is 3.20. The summed E-state index contributed by atoms with van der Waals surface area (Å²) in [5.41, 5.74) is 1.32. The van der Waals surface area contributed by atoms with Gasteiger partial charge in [0.05, 0.1) is 0 Å². The summed E-state index contributed by atoms with van der Waals surface area (Å²) in [6, 6.07) is 8.93. The molecule has 0 bridgehead atoms. The van der Waals surface area contributed by atoms with Crippen molar-refractivity contribution in [3.63, 3.8) is 0 Å². The molecule has 1 aromatic rings. The van der Waals surface area contributed by atoms with Crippen molar-refractivity contribution >= 4 is 11.6 Å². The molecule has 3 heteroatoms. The van der Waals surface area contributed by atoms with Crippen molar-refractivity contribution in [2.75, 3.05) is 6.61 Å². The number of aliphatic hydroxyl groups is 1. The second kappa shape index (κ2) is 6.74. The van der Waals surface area contributed by atoms with Crippen LogP contribution in [0, 0.1) is 11.8 Å². The molecule has 106 valence electrons. The Morgan fingerprint density at radius 3 is 2.37 bits per heavy atom. The third-order valence-corrected chi connectivity index (χ3v) is 4.21. The molecule has 0 amide bonds. The second-order valence-corrected chi connectivity index (χ2v) is 6.33. The quantitative estimate of drug-likeness (QED) is 0.797. The lowest BCUT2D eigenvalue weighted by atomic mass is 9.96. The Hall–Kier alpha value is -0.570. The van der Waals surface area contributed by atoms with Crippen LogP contribution in [0.15, 0.2) is 24.3 Å². The van der Waals surface area contributed by atoms with Crippen LogP contribution < -0.4 is 5.32 Å². The number of hydrogen-bond acceptors (Lipinski definition) is 2. The van der Waals surface area contributed by atoms with Gasteiger partial charge in [-0.05, 0) is 48.8 Å². The van der Waals surface area contributed by atoms with Gasteiger partial charge in [-0.15, -0.1) is 0 Å². The summed E-state index contributed by atoms with van der Waals surface area (Å²) in [7, 11) is 0. The molecule has 2 atom stereocenters. The highest BCUT2D eigenvalue weighted by molar-refractivity contribution is 6.30. The fourth-order valence-electron chi connectivity index (χ4n) is 2.58. The molecule has 0 aromatic heterocycles. The summed E-state index contributed by atoms with van der Waals surface area (Å²) in [4.78, 5) is 0. The van der Waals surface area contributed by atoms with Gasteiger partial charge < -0.3 is 10.4 Å². The van der Waals surface area contributed by atoms with Crippen molar-refractivity contribution in [2.24, 2.45) is 11.8 Å². The molecule has 2 N–H and O–H groups in total. The molecule has 2 nitrogen and oxygen atoms in total. The minimum Gasteiger partial charge on any atom is -0.396 e. The topological polar surface area (TPSA) is 32.3 Å². The molecule has 0 spiro atoms. The molecule has 2 unspecified atom stereocenters. The van der Waals surface area contributed by atoms with Crippen LogP contribution in [0.3, 0.4) is 0 Å². The lowest BCUT2D eigenvalue weighted by molar-refractivity contribution is 0.230. The second-order valence-electron chi connectivity index (χ2n) is 5.90. The van der Waals surface area contributed by atoms with E-state index in [9.17, 15) is 5.11 Å². The smallest absolute Gasteiger partial charge is 0.0445 e. The lowest BCUT2D eigenvalue weighted by Gasteiger charge is -2.28. The predicted octanol–water partition coefficient (Wildman–Crippen LogP) is 3.79. The van der Waals surface area contributed by atoms with E-state index in [1.54, 1.807) is 0 Å². The number of aliphatic hydroxyl groups excluding tert-OH is 1. The highest BCUT2D eigenvalue weighted by atomic mass is 35.5. The Morgan fingerprint density at radius 2 is 1.89 bits per heavy atom. The van der Waals surface area contributed by atoms with Crippen molar-refractivity contribution in [2.45, 2.75) is 45.2 Å². The van der Waals surface area contributed by atoms with Gasteiger partial charge in [0.15, 0.2) is 0 Å². The van der Waals surface area contributed by atoms with Crippen LogP contribution in [0.1, 0.15) is 44.7 Å². The standard InChI is InChI=1S/C16H24ClNO/c1-11(2)15(9-10-19)18-16(12-3-4-12)13-5-7-14(17)8-6-13/h5-8,11-12,15-16,18-19H,3-4,9-10H2,1-2H3. The first-order valence-electron chi connectivity index (χ1n) is 7.24. The van der Waals surface area contributed by atoms with E-state index in [2.05, 4.69) is 31.3 Å². The van der Waals surface area contributed by atoms with E-state index in [0.717, 1.165) is 17.4 Å². The van der Waals surface area contributed by atoms with Crippen molar-refractivity contribution in [1.29, 1.82) is 0 Å². The summed E-state index contributed by atoms with van der Waals surface area (Å²) in [5, 5.41) is 13.7. The van der Waals surface area contributed by atoms with Gasteiger partial charge in [0, 0.05) is 23.7 Å². The SMILES string of the molecule is CC(C)C(CCO)NC(c1ccc(Cl)cc1)C1CC1. The molecule has 1 fully saturated rings. The van der Waals surface area contributed by atoms with E-state index in [1.165, 1.54) is 18.4 Å². The first-order chi connectivity index (χ1) is 9.11. The van der Waals surface area contributed by atoms with Crippen LogP contribution in [0.25, 0.3) is 0 Å². The summed E-state index contributed by atoms with van der Waals surface area (Å²) >= 11 is 5.96. The molecular weight excluding hydrogens is 258 g/mol. The van der Waals surface area contributed by atoms with Gasteiger partial charge in [-0.3, -0.25) is 0 Å². The molecule has 0 radical (unpaired) electrons. The molecular formula is C16H24ClNO. The lowest BCUT2D eigenvalue weighted by Crippen LogP contribution is -2.38. The van der Waals surface area contributed by atoms with Crippen LogP contribution in [0.2, 0.25) is 5.02 Å². The normalized spacial score (nSPS) is 18.6. The fourth-order valence-corrected chi connectivity index (χ4v) is 2.71. The summed E-state index contributed by atoms with van der Waals surface area (Å²) in [5.74, 6) is 1.27. The van der Waals surface area contributed by atoms with E-state index in [4.69, 9.17) is 11.6 Å². The van der Waals surface area contributed by atoms with E-state index in [0.29, 0.717) is 18.0 Å². The average molecular weight is 282 g/mol. The number of nitrogens with one attached hydrogen (secondary N) is 1. The van der Waals surface area contributed by atoms with Gasteiger partial charge in [-0.1, -0.05) is 37.6 Å². The maximum atomic E-state index is 9.20. The Kier molecular flexibility index (Phi) is 5.26. The van der Waals surface area contributed by atoms with Crippen molar-refractivity contribution in [1.82, 2.24) is 5.32 Å². The van der Waals surface area contributed by atoms with Crippen molar-refractivity contribution in [3.8, 4) is 0 Å². The van der Waals surface area contributed by atoms with E-state index >= 15 is 0 Å². The molecule has 19 heavy (non-hydrogen) atoms. The monoisotopic (exact) mass is 281 g/mol. The van der Waals surface area contributed by atoms with Gasteiger partial charge in [0.25, 0.3) is 0 Å². The molecule has 1 aliphatic carbocycles. The number of benzene rings is 1. The Bertz CT molecular complexity index is 386. The first-order valence-corrected chi connectivity index (χ1v) is 7.62. The van der Waals surface area contributed by atoms with Crippen LogP contribution in [0.5, 0.6) is 0 Å². The predicted molar refractivity (Wildman–Crippen MR) is 80.4 cm³/mol. The first kappa shape index (κ1) is 14.8. The Labute approximate surface area is 121 Å². The molecule has 0 saturated heterocycles. The van der Waals surface area contributed by atoms with Crippen LogP contribution in [-0.4, -0.2) is 17.8 Å². The largest absolute Gasteiger partial charge is 0.396 e. The summed E-state index contributed by atoms with van der Waals surface area (Å²) in [6.07, 6.45) is 3.41. The number of hydrogen-bond donors (Lipinski definition) is 2.